The molecule has 1 fully saturated rings. The fourth-order valence-corrected chi connectivity index (χ4v) is 3.06. The monoisotopic (exact) mass is 312 g/mol. The van der Waals surface area contributed by atoms with Crippen LogP contribution in [-0.2, 0) is 6.54 Å². The third-order valence-corrected chi connectivity index (χ3v) is 4.27. The van der Waals surface area contributed by atoms with Crippen molar-refractivity contribution >= 4 is 17.0 Å². The molecular weight excluding hydrogens is 295 g/mol. The Kier molecular flexibility index (Phi) is 3.61. The molecule has 0 bridgehead atoms. The quantitative estimate of drug-likeness (QED) is 0.802. The first-order valence-electron chi connectivity index (χ1n) is 7.85. The van der Waals surface area contributed by atoms with E-state index >= 15 is 0 Å². The summed E-state index contributed by atoms with van der Waals surface area (Å²) in [5.41, 5.74) is 1.81. The maximum Gasteiger partial charge on any atom is 0.184 e. The molecule has 4 rings (SSSR count). The number of fused-ring (bicyclic) bond motifs is 1. The molecule has 0 radical (unpaired) electrons. The minimum Gasteiger partial charge on any atom is -0.365 e. The molecule has 0 saturated heterocycles. The number of rotatable bonds is 4. The molecule has 0 spiro atoms. The van der Waals surface area contributed by atoms with Crippen LogP contribution in [-0.4, -0.2) is 31.0 Å². The van der Waals surface area contributed by atoms with Crippen LogP contribution in [0.1, 0.15) is 31.2 Å². The van der Waals surface area contributed by atoms with Crippen molar-refractivity contribution in [3.8, 4) is 0 Å². The van der Waals surface area contributed by atoms with E-state index in [4.69, 9.17) is 0 Å². The van der Waals surface area contributed by atoms with Gasteiger partial charge in [0.25, 0.3) is 0 Å². The van der Waals surface area contributed by atoms with Crippen LogP contribution >= 0.6 is 0 Å². The van der Waals surface area contributed by atoms with Crippen molar-refractivity contribution in [2.45, 2.75) is 38.3 Å². The van der Waals surface area contributed by atoms with Gasteiger partial charge >= 0.3 is 0 Å². The zero-order chi connectivity index (χ0) is 15.6. The molecule has 3 aromatic rings. The van der Waals surface area contributed by atoms with Crippen LogP contribution in [0.3, 0.4) is 0 Å². The van der Waals surface area contributed by atoms with E-state index in [1.807, 2.05) is 0 Å². The van der Waals surface area contributed by atoms with E-state index in [0.29, 0.717) is 35.1 Å². The van der Waals surface area contributed by atoms with Crippen molar-refractivity contribution in [3.63, 3.8) is 0 Å². The van der Waals surface area contributed by atoms with Crippen molar-refractivity contribution in [2.24, 2.45) is 0 Å². The van der Waals surface area contributed by atoms with Crippen molar-refractivity contribution < 1.29 is 4.39 Å². The number of nitrogens with one attached hydrogen (secondary N) is 1. The van der Waals surface area contributed by atoms with Crippen molar-refractivity contribution in [2.75, 3.05) is 5.32 Å². The lowest BCUT2D eigenvalue weighted by Gasteiger charge is -2.12. The Morgan fingerprint density at radius 1 is 1.17 bits per heavy atom. The Balaban J connectivity index is 1.65. The fraction of sp³-hybridized carbons (Fsp3) is 0.375. The summed E-state index contributed by atoms with van der Waals surface area (Å²) in [5, 5.41) is 11.7. The average Bonchev–Trinajstić information content (AvgIpc) is 3.20. The van der Waals surface area contributed by atoms with Crippen LogP contribution < -0.4 is 5.32 Å². The van der Waals surface area contributed by atoms with Crippen LogP contribution in [0, 0.1) is 5.82 Å². The minimum absolute atomic E-state index is 0.255. The zero-order valence-electron chi connectivity index (χ0n) is 12.6. The van der Waals surface area contributed by atoms with E-state index in [1.54, 1.807) is 22.9 Å². The van der Waals surface area contributed by atoms with Gasteiger partial charge in [-0.3, -0.25) is 0 Å². The Morgan fingerprint density at radius 3 is 2.83 bits per heavy atom. The maximum atomic E-state index is 13.8. The van der Waals surface area contributed by atoms with E-state index in [0.717, 1.165) is 12.8 Å². The number of nitrogens with zero attached hydrogens (tertiary/aromatic N) is 5. The first-order chi connectivity index (χ1) is 11.3. The molecule has 1 saturated carbocycles. The summed E-state index contributed by atoms with van der Waals surface area (Å²) >= 11 is 0. The lowest BCUT2D eigenvalue weighted by atomic mass is 10.2. The van der Waals surface area contributed by atoms with E-state index < -0.39 is 0 Å². The molecule has 1 aromatic carbocycles. The summed E-state index contributed by atoms with van der Waals surface area (Å²) < 4.78 is 15.4. The van der Waals surface area contributed by atoms with Gasteiger partial charge in [-0.05, 0) is 18.9 Å². The standard InChI is InChI=1S/C16H17FN6/c17-13-8-4-1-5-11(13)9-23-16-14(21-22-23)15(18-10-19-16)20-12-6-2-3-7-12/h1,4-5,8,10,12H,2-3,6-7,9H2,(H,18,19,20). The molecule has 1 aliphatic rings. The summed E-state index contributed by atoms with van der Waals surface area (Å²) in [4.78, 5) is 8.56. The molecule has 118 valence electrons. The van der Waals surface area contributed by atoms with Gasteiger partial charge in [0.05, 0.1) is 6.54 Å². The minimum atomic E-state index is -0.255. The molecule has 2 aromatic heterocycles. The van der Waals surface area contributed by atoms with E-state index in [9.17, 15) is 4.39 Å². The van der Waals surface area contributed by atoms with Gasteiger partial charge in [0, 0.05) is 11.6 Å². The van der Waals surface area contributed by atoms with E-state index in [1.165, 1.54) is 25.2 Å². The Morgan fingerprint density at radius 2 is 2.00 bits per heavy atom. The van der Waals surface area contributed by atoms with E-state index in [2.05, 4.69) is 25.6 Å². The zero-order valence-corrected chi connectivity index (χ0v) is 12.6. The first-order valence-corrected chi connectivity index (χ1v) is 7.85. The predicted molar refractivity (Wildman–Crippen MR) is 84.5 cm³/mol. The normalized spacial score (nSPS) is 15.3. The maximum absolute atomic E-state index is 13.8. The van der Waals surface area contributed by atoms with Gasteiger partial charge in [0.2, 0.25) is 0 Å². The third-order valence-electron chi connectivity index (χ3n) is 4.27. The molecular formula is C16H17FN6. The van der Waals surface area contributed by atoms with Gasteiger partial charge in [0.1, 0.15) is 12.1 Å². The second-order valence-corrected chi connectivity index (χ2v) is 5.86. The lowest BCUT2D eigenvalue weighted by Crippen LogP contribution is -2.16. The van der Waals surface area contributed by atoms with Gasteiger partial charge in [0.15, 0.2) is 17.0 Å². The highest BCUT2D eigenvalue weighted by Gasteiger charge is 2.18. The predicted octanol–water partition coefficient (Wildman–Crippen LogP) is 2.76. The highest BCUT2D eigenvalue weighted by atomic mass is 19.1. The van der Waals surface area contributed by atoms with Crippen LogP contribution in [0.2, 0.25) is 0 Å². The highest BCUT2D eigenvalue weighted by Crippen LogP contribution is 2.24. The van der Waals surface area contributed by atoms with Crippen molar-refractivity contribution in [1.82, 2.24) is 25.0 Å². The number of anilines is 1. The van der Waals surface area contributed by atoms with E-state index in [-0.39, 0.29) is 5.82 Å². The molecule has 0 atom stereocenters. The second-order valence-electron chi connectivity index (χ2n) is 5.86. The third kappa shape index (κ3) is 2.74. The van der Waals surface area contributed by atoms with Crippen LogP contribution in [0.25, 0.3) is 11.2 Å². The second kappa shape index (κ2) is 5.91. The van der Waals surface area contributed by atoms with Gasteiger partial charge in [-0.2, -0.15) is 0 Å². The van der Waals surface area contributed by atoms with Crippen LogP contribution in [0.5, 0.6) is 0 Å². The summed E-state index contributed by atoms with van der Waals surface area (Å²) in [7, 11) is 0. The number of aromatic nitrogens is 5. The number of benzene rings is 1. The average molecular weight is 312 g/mol. The molecule has 7 heteroatoms. The fourth-order valence-electron chi connectivity index (χ4n) is 3.06. The molecule has 0 aliphatic heterocycles. The first kappa shape index (κ1) is 14.0. The molecule has 23 heavy (non-hydrogen) atoms. The van der Waals surface area contributed by atoms with Crippen molar-refractivity contribution in [1.29, 1.82) is 0 Å². The Hall–Kier alpha value is -2.57. The summed E-state index contributed by atoms with van der Waals surface area (Å²) in [6.45, 7) is 0.295. The topological polar surface area (TPSA) is 68.5 Å². The summed E-state index contributed by atoms with van der Waals surface area (Å²) in [6, 6.07) is 7.09. The van der Waals surface area contributed by atoms with Gasteiger partial charge < -0.3 is 5.32 Å². The smallest absolute Gasteiger partial charge is 0.184 e. The van der Waals surface area contributed by atoms with Crippen molar-refractivity contribution in [3.05, 3.63) is 42.0 Å². The van der Waals surface area contributed by atoms with Gasteiger partial charge in [-0.1, -0.05) is 36.3 Å². The molecule has 1 N–H and O–H groups in total. The number of hydrogen-bond donors (Lipinski definition) is 1. The molecule has 0 amide bonds. The Bertz CT molecular complexity index is 824. The molecule has 6 nitrogen and oxygen atoms in total. The number of hydrogen-bond acceptors (Lipinski definition) is 5. The molecule has 1 aliphatic carbocycles. The van der Waals surface area contributed by atoms with Crippen LogP contribution in [0.4, 0.5) is 10.2 Å². The van der Waals surface area contributed by atoms with Gasteiger partial charge in [-0.25, -0.2) is 19.0 Å². The summed E-state index contributed by atoms with van der Waals surface area (Å²) in [5.74, 6) is 0.455. The largest absolute Gasteiger partial charge is 0.365 e. The Labute approximate surface area is 132 Å². The lowest BCUT2D eigenvalue weighted by molar-refractivity contribution is 0.582. The number of halogens is 1. The summed E-state index contributed by atoms with van der Waals surface area (Å²) in [6.07, 6.45) is 6.28. The molecule has 2 heterocycles. The molecule has 0 unspecified atom stereocenters. The van der Waals surface area contributed by atoms with Gasteiger partial charge in [-0.15, -0.1) is 5.10 Å². The SMILES string of the molecule is Fc1ccccc1Cn1nnc2c(NC3CCCC3)ncnc21. The van der Waals surface area contributed by atoms with Crippen LogP contribution in [0.15, 0.2) is 30.6 Å². The highest BCUT2D eigenvalue weighted by molar-refractivity contribution is 5.82.